The number of nitrogens with zero attached hydrogens (tertiary/aromatic N) is 4. The summed E-state index contributed by atoms with van der Waals surface area (Å²) in [5.74, 6) is -1.69. The van der Waals surface area contributed by atoms with Crippen LogP contribution in [0.5, 0.6) is 0 Å². The fourth-order valence-corrected chi connectivity index (χ4v) is 3.71. The molecule has 0 saturated carbocycles. The van der Waals surface area contributed by atoms with Crippen molar-refractivity contribution in [3.63, 3.8) is 0 Å². The van der Waals surface area contributed by atoms with Crippen LogP contribution in [0.4, 0.5) is 0 Å². The van der Waals surface area contributed by atoms with E-state index >= 15 is 0 Å². The first-order chi connectivity index (χ1) is 15.3. The number of hydrogen-bond acceptors (Lipinski definition) is 6. The Hall–Kier alpha value is -3.76. The van der Waals surface area contributed by atoms with Crippen LogP contribution in [0.25, 0.3) is 16.6 Å². The number of hydrogen-bond donors (Lipinski definition) is 3. The molecule has 0 bridgehead atoms. The molecular weight excluding hydrogens is 459 g/mol. The third-order valence-electron chi connectivity index (χ3n) is 4.76. The molecule has 4 aromatic rings. The van der Waals surface area contributed by atoms with Gasteiger partial charge in [-0.25, -0.2) is 9.48 Å². The minimum Gasteiger partial charge on any atom is -0.477 e. The van der Waals surface area contributed by atoms with Gasteiger partial charge in [-0.05, 0) is 34.2 Å². The Morgan fingerprint density at radius 1 is 1.19 bits per heavy atom. The molecule has 2 aromatic carbocycles. The molecule has 0 aliphatic carbocycles. The Balaban J connectivity index is 1.60. The molecule has 0 spiro atoms. The predicted molar refractivity (Wildman–Crippen MR) is 116 cm³/mol. The number of aromatic amines is 1. The highest BCUT2D eigenvalue weighted by Gasteiger charge is 2.17. The van der Waals surface area contributed by atoms with Crippen LogP contribution in [0.15, 0.2) is 47.5 Å². The number of rotatable bonds is 6. The largest absolute Gasteiger partial charge is 0.477 e. The smallest absolute Gasteiger partial charge is 0.341 e. The molecule has 32 heavy (non-hydrogen) atoms. The number of halogens is 2. The summed E-state index contributed by atoms with van der Waals surface area (Å²) in [6.45, 7) is -0.0376. The maximum atomic E-state index is 12.7. The number of carboxylic acid groups (broad SMARTS) is 1. The third kappa shape index (κ3) is 4.18. The SMILES string of the molecule is O=C(Cc1ccccc1-n1cnnn1)NCc1c(Cl)c(Cl)cc2cc(C(=O)O)c(=O)[nH]c12. The maximum absolute atomic E-state index is 12.7. The second kappa shape index (κ2) is 8.77. The number of aromatic carboxylic acids is 1. The lowest BCUT2D eigenvalue weighted by Crippen LogP contribution is -2.26. The summed E-state index contributed by atoms with van der Waals surface area (Å²) in [5.41, 5.74) is 0.800. The fourth-order valence-electron chi connectivity index (χ4n) is 3.27. The van der Waals surface area contributed by atoms with Crippen LogP contribution < -0.4 is 10.9 Å². The van der Waals surface area contributed by atoms with Crippen LogP contribution in [0.1, 0.15) is 21.5 Å². The van der Waals surface area contributed by atoms with Crippen LogP contribution in [0.2, 0.25) is 10.0 Å². The summed E-state index contributed by atoms with van der Waals surface area (Å²) in [6, 6.07) is 9.83. The van der Waals surface area contributed by atoms with Crippen LogP contribution >= 0.6 is 23.2 Å². The highest BCUT2D eigenvalue weighted by atomic mass is 35.5. The number of tetrazole rings is 1. The van der Waals surface area contributed by atoms with Crippen LogP contribution in [0, 0.1) is 0 Å². The normalized spacial score (nSPS) is 10.9. The van der Waals surface area contributed by atoms with E-state index in [0.29, 0.717) is 27.7 Å². The van der Waals surface area contributed by atoms with Gasteiger partial charge in [-0.15, -0.1) is 5.10 Å². The van der Waals surface area contributed by atoms with Gasteiger partial charge < -0.3 is 15.4 Å². The Kier molecular flexibility index (Phi) is 5.89. The molecular formula is C20H14Cl2N6O4. The molecule has 0 radical (unpaired) electrons. The molecule has 0 fully saturated rings. The topological polar surface area (TPSA) is 143 Å². The lowest BCUT2D eigenvalue weighted by Gasteiger charge is -2.13. The highest BCUT2D eigenvalue weighted by Crippen LogP contribution is 2.32. The van der Waals surface area contributed by atoms with Crippen molar-refractivity contribution in [2.75, 3.05) is 0 Å². The van der Waals surface area contributed by atoms with Gasteiger partial charge >= 0.3 is 5.97 Å². The van der Waals surface area contributed by atoms with Gasteiger partial charge in [0.1, 0.15) is 11.9 Å². The molecule has 0 aliphatic heterocycles. The van der Waals surface area contributed by atoms with Gasteiger partial charge in [0.25, 0.3) is 5.56 Å². The molecule has 12 heteroatoms. The van der Waals surface area contributed by atoms with Gasteiger partial charge in [0.05, 0.1) is 27.7 Å². The Bertz CT molecular complexity index is 1400. The van der Waals surface area contributed by atoms with E-state index in [1.807, 2.05) is 0 Å². The molecule has 2 aromatic heterocycles. The quantitative estimate of drug-likeness (QED) is 0.390. The van der Waals surface area contributed by atoms with Gasteiger partial charge in [-0.1, -0.05) is 41.4 Å². The first-order valence-electron chi connectivity index (χ1n) is 9.20. The summed E-state index contributed by atoms with van der Waals surface area (Å²) in [5, 5.41) is 23.7. The molecule has 3 N–H and O–H groups in total. The van der Waals surface area contributed by atoms with E-state index in [1.165, 1.54) is 23.1 Å². The van der Waals surface area contributed by atoms with Crippen LogP contribution in [-0.4, -0.2) is 42.2 Å². The average molecular weight is 473 g/mol. The minimum atomic E-state index is -1.37. The minimum absolute atomic E-state index is 0.0336. The molecule has 162 valence electrons. The first kappa shape index (κ1) is 21.5. The Morgan fingerprint density at radius 2 is 1.97 bits per heavy atom. The molecule has 1 amide bonds. The number of carboxylic acids is 1. The predicted octanol–water partition coefficient (Wildman–Crippen LogP) is 2.37. The number of carbonyl (C=O) groups is 2. The van der Waals surface area contributed by atoms with Crippen molar-refractivity contribution in [1.29, 1.82) is 0 Å². The number of benzene rings is 2. The summed E-state index contributed by atoms with van der Waals surface area (Å²) < 4.78 is 1.45. The van der Waals surface area contributed by atoms with E-state index in [2.05, 4.69) is 25.8 Å². The van der Waals surface area contributed by atoms with Crippen LogP contribution in [-0.2, 0) is 17.8 Å². The van der Waals surface area contributed by atoms with E-state index in [1.54, 1.807) is 24.3 Å². The zero-order valence-electron chi connectivity index (χ0n) is 16.2. The number of aromatic nitrogens is 5. The lowest BCUT2D eigenvalue weighted by molar-refractivity contribution is -0.120. The number of para-hydroxylation sites is 1. The Labute approximate surface area is 189 Å². The number of nitrogens with one attached hydrogen (secondary N) is 2. The monoisotopic (exact) mass is 472 g/mol. The van der Waals surface area contributed by atoms with E-state index in [4.69, 9.17) is 23.2 Å². The van der Waals surface area contributed by atoms with Crippen molar-refractivity contribution in [3.8, 4) is 5.69 Å². The number of H-pyrrole nitrogens is 1. The average Bonchev–Trinajstić information content (AvgIpc) is 3.29. The number of carbonyl (C=O) groups excluding carboxylic acids is 1. The highest BCUT2D eigenvalue weighted by molar-refractivity contribution is 6.43. The summed E-state index contributed by atoms with van der Waals surface area (Å²) in [6.07, 6.45) is 1.46. The van der Waals surface area contributed by atoms with E-state index < -0.39 is 17.1 Å². The van der Waals surface area contributed by atoms with Crippen molar-refractivity contribution in [3.05, 3.63) is 79.8 Å². The number of fused-ring (bicyclic) bond motifs is 1. The van der Waals surface area contributed by atoms with Crippen molar-refractivity contribution in [2.24, 2.45) is 0 Å². The van der Waals surface area contributed by atoms with Gasteiger partial charge in [0, 0.05) is 17.5 Å². The van der Waals surface area contributed by atoms with Crippen molar-refractivity contribution in [1.82, 2.24) is 30.5 Å². The van der Waals surface area contributed by atoms with E-state index in [9.17, 15) is 19.5 Å². The van der Waals surface area contributed by atoms with E-state index in [0.717, 1.165) is 0 Å². The molecule has 0 aliphatic rings. The molecule has 0 saturated heterocycles. The molecule has 10 nitrogen and oxygen atoms in total. The van der Waals surface area contributed by atoms with Crippen molar-refractivity contribution < 1.29 is 14.7 Å². The van der Waals surface area contributed by atoms with Gasteiger partial charge in [0.2, 0.25) is 5.91 Å². The number of pyridine rings is 1. The van der Waals surface area contributed by atoms with Gasteiger partial charge in [-0.3, -0.25) is 9.59 Å². The standard InChI is InChI=1S/C20H14Cl2N6O4/c21-14-6-11-5-12(20(31)32)19(30)25-18(11)13(17(14)22)8-23-16(29)7-10-3-1-2-4-15(10)28-9-24-26-27-28/h1-6,9H,7-8H2,(H,23,29)(H,25,30)(H,31,32). The van der Waals surface area contributed by atoms with Gasteiger partial charge in [0.15, 0.2) is 0 Å². The molecule has 0 atom stereocenters. The fraction of sp³-hybridized carbons (Fsp3) is 0.100. The Morgan fingerprint density at radius 3 is 2.69 bits per heavy atom. The number of amides is 1. The second-order valence-electron chi connectivity index (χ2n) is 6.77. The first-order valence-corrected chi connectivity index (χ1v) is 9.96. The van der Waals surface area contributed by atoms with Crippen molar-refractivity contribution >= 4 is 46.0 Å². The summed E-state index contributed by atoms with van der Waals surface area (Å²) >= 11 is 12.5. The summed E-state index contributed by atoms with van der Waals surface area (Å²) in [4.78, 5) is 38.6. The zero-order chi connectivity index (χ0) is 22.8. The molecule has 4 rings (SSSR count). The zero-order valence-corrected chi connectivity index (χ0v) is 17.7. The third-order valence-corrected chi connectivity index (χ3v) is 5.59. The molecule has 2 heterocycles. The lowest BCUT2D eigenvalue weighted by atomic mass is 10.1. The van der Waals surface area contributed by atoms with E-state index in [-0.39, 0.29) is 28.9 Å². The van der Waals surface area contributed by atoms with Gasteiger partial charge in [-0.2, -0.15) is 0 Å². The van der Waals surface area contributed by atoms with Crippen molar-refractivity contribution in [2.45, 2.75) is 13.0 Å². The van der Waals surface area contributed by atoms with Crippen LogP contribution in [0.3, 0.4) is 0 Å². The maximum Gasteiger partial charge on any atom is 0.341 e. The second-order valence-corrected chi connectivity index (χ2v) is 7.55. The summed E-state index contributed by atoms with van der Waals surface area (Å²) in [7, 11) is 0. The molecule has 0 unspecified atom stereocenters.